The van der Waals surface area contributed by atoms with E-state index in [1.165, 1.54) is 30.5 Å². The number of amides is 1. The number of halogens is 1. The lowest BCUT2D eigenvalue weighted by atomic mass is 10.2. The summed E-state index contributed by atoms with van der Waals surface area (Å²) in [5.74, 6) is 0.0435. The van der Waals surface area contributed by atoms with Gasteiger partial charge in [0.15, 0.2) is 0 Å². The third-order valence-corrected chi connectivity index (χ3v) is 4.63. The minimum atomic E-state index is -3.88. The fraction of sp³-hybridized carbons (Fsp3) is 0. The smallest absolute Gasteiger partial charge is 0.261 e. The molecule has 7 nitrogen and oxygen atoms in total. The van der Waals surface area contributed by atoms with Crippen molar-refractivity contribution in [2.75, 3.05) is 5.32 Å². The lowest BCUT2D eigenvalue weighted by Crippen LogP contribution is -2.15. The van der Waals surface area contributed by atoms with Crippen LogP contribution in [0.15, 0.2) is 71.8 Å². The number of sulfonamides is 1. The Morgan fingerprint density at radius 3 is 2.52 bits per heavy atom. The van der Waals surface area contributed by atoms with E-state index in [1.807, 2.05) is 0 Å². The Balaban J connectivity index is 1.84. The zero-order chi connectivity index (χ0) is 19.4. The zero-order valence-corrected chi connectivity index (χ0v) is 15.4. The maximum absolute atomic E-state index is 12.6. The molecule has 0 spiro atoms. The third kappa shape index (κ3) is 4.82. The van der Waals surface area contributed by atoms with E-state index in [0.29, 0.717) is 10.8 Å². The first-order chi connectivity index (χ1) is 12.8. The van der Waals surface area contributed by atoms with Crippen LogP contribution in [0.1, 0.15) is 10.4 Å². The Morgan fingerprint density at radius 2 is 1.81 bits per heavy atom. The van der Waals surface area contributed by atoms with Crippen molar-refractivity contribution in [3.05, 3.63) is 77.4 Å². The second-order valence-electron chi connectivity index (χ2n) is 5.44. The standard InChI is InChI=1S/C18H14ClN3O4S/c19-12-6-8-14(9-7-12)26-18-16(5-2-10-21-18)17(23)22-13-3-1-4-15(11-13)27(20,24)25/h1-11H,(H,22,23)(H2,20,24,25). The van der Waals surface area contributed by atoms with E-state index >= 15 is 0 Å². The molecule has 0 unspecified atom stereocenters. The van der Waals surface area contributed by atoms with Crippen LogP contribution >= 0.6 is 11.6 Å². The summed E-state index contributed by atoms with van der Waals surface area (Å²) in [6.45, 7) is 0. The highest BCUT2D eigenvalue weighted by Gasteiger charge is 2.16. The zero-order valence-electron chi connectivity index (χ0n) is 13.8. The molecule has 27 heavy (non-hydrogen) atoms. The summed E-state index contributed by atoms with van der Waals surface area (Å²) >= 11 is 5.84. The van der Waals surface area contributed by atoms with Crippen LogP contribution in [0.3, 0.4) is 0 Å². The van der Waals surface area contributed by atoms with Crippen LogP contribution in [0.4, 0.5) is 5.69 Å². The van der Waals surface area contributed by atoms with Gasteiger partial charge in [0.1, 0.15) is 11.3 Å². The topological polar surface area (TPSA) is 111 Å². The molecule has 0 saturated carbocycles. The number of benzene rings is 2. The van der Waals surface area contributed by atoms with Crippen LogP contribution in [0.2, 0.25) is 5.02 Å². The monoisotopic (exact) mass is 403 g/mol. The van der Waals surface area contributed by atoms with Crippen LogP contribution in [0, 0.1) is 0 Å². The molecule has 2 aromatic carbocycles. The molecule has 0 bridgehead atoms. The van der Waals surface area contributed by atoms with Crippen molar-refractivity contribution in [1.29, 1.82) is 0 Å². The molecule has 0 fully saturated rings. The fourth-order valence-electron chi connectivity index (χ4n) is 2.21. The van der Waals surface area contributed by atoms with Gasteiger partial charge < -0.3 is 10.1 Å². The number of anilines is 1. The molecule has 3 N–H and O–H groups in total. The number of nitrogens with zero attached hydrogens (tertiary/aromatic N) is 1. The van der Waals surface area contributed by atoms with E-state index in [0.717, 1.165) is 0 Å². The van der Waals surface area contributed by atoms with Gasteiger partial charge in [0.05, 0.1) is 4.90 Å². The van der Waals surface area contributed by atoms with Crippen LogP contribution in [-0.2, 0) is 10.0 Å². The van der Waals surface area contributed by atoms with Crippen molar-refractivity contribution < 1.29 is 17.9 Å². The molecule has 138 valence electrons. The van der Waals surface area contributed by atoms with Gasteiger partial charge in [0.25, 0.3) is 5.91 Å². The summed E-state index contributed by atoms with van der Waals surface area (Å²) < 4.78 is 28.6. The van der Waals surface area contributed by atoms with E-state index in [1.54, 1.807) is 36.4 Å². The molecule has 3 aromatic rings. The number of carbonyl (C=O) groups is 1. The van der Waals surface area contributed by atoms with Gasteiger partial charge in [-0.2, -0.15) is 0 Å². The summed E-state index contributed by atoms with van der Waals surface area (Å²) in [6, 6.07) is 15.3. The number of hydrogen-bond acceptors (Lipinski definition) is 5. The normalized spacial score (nSPS) is 11.0. The van der Waals surface area contributed by atoms with Crippen molar-refractivity contribution >= 4 is 33.2 Å². The summed E-state index contributed by atoms with van der Waals surface area (Å²) in [6.07, 6.45) is 1.49. The van der Waals surface area contributed by atoms with E-state index in [-0.39, 0.29) is 22.0 Å². The maximum Gasteiger partial charge on any atom is 0.261 e. The minimum Gasteiger partial charge on any atom is -0.438 e. The fourth-order valence-corrected chi connectivity index (χ4v) is 2.89. The minimum absolute atomic E-state index is 0.0972. The summed E-state index contributed by atoms with van der Waals surface area (Å²) in [5.41, 5.74) is 0.446. The van der Waals surface area contributed by atoms with Gasteiger partial charge in [-0.3, -0.25) is 4.79 Å². The molecule has 0 atom stereocenters. The molecule has 1 amide bonds. The average molecular weight is 404 g/mol. The number of hydrogen-bond donors (Lipinski definition) is 2. The predicted molar refractivity (Wildman–Crippen MR) is 102 cm³/mol. The summed E-state index contributed by atoms with van der Waals surface area (Å²) in [5, 5.41) is 8.27. The first-order valence-electron chi connectivity index (χ1n) is 7.65. The Hall–Kier alpha value is -2.94. The maximum atomic E-state index is 12.6. The molecule has 1 heterocycles. The lowest BCUT2D eigenvalue weighted by Gasteiger charge is -2.11. The highest BCUT2D eigenvalue weighted by Crippen LogP contribution is 2.25. The summed E-state index contributed by atoms with van der Waals surface area (Å²) in [4.78, 5) is 16.6. The van der Waals surface area contributed by atoms with Gasteiger partial charge in [-0.15, -0.1) is 0 Å². The quantitative estimate of drug-likeness (QED) is 0.677. The number of primary sulfonamides is 1. The summed E-state index contributed by atoms with van der Waals surface area (Å²) in [7, 11) is -3.88. The van der Waals surface area contributed by atoms with Gasteiger partial charge >= 0.3 is 0 Å². The first kappa shape index (κ1) is 18.8. The number of aromatic nitrogens is 1. The van der Waals surface area contributed by atoms with Crippen molar-refractivity contribution in [1.82, 2.24) is 4.98 Å². The second-order valence-corrected chi connectivity index (χ2v) is 7.44. The van der Waals surface area contributed by atoms with E-state index in [9.17, 15) is 13.2 Å². The Morgan fingerprint density at radius 1 is 1.07 bits per heavy atom. The highest BCUT2D eigenvalue weighted by molar-refractivity contribution is 7.89. The number of nitrogens with one attached hydrogen (secondary N) is 1. The van der Waals surface area contributed by atoms with Gasteiger partial charge in [-0.25, -0.2) is 18.5 Å². The third-order valence-electron chi connectivity index (χ3n) is 3.46. The SMILES string of the molecule is NS(=O)(=O)c1cccc(NC(=O)c2cccnc2Oc2ccc(Cl)cc2)c1. The van der Waals surface area contributed by atoms with E-state index in [4.69, 9.17) is 21.5 Å². The van der Waals surface area contributed by atoms with Crippen LogP contribution < -0.4 is 15.2 Å². The number of rotatable bonds is 5. The van der Waals surface area contributed by atoms with Crippen LogP contribution in [0.5, 0.6) is 11.6 Å². The molecule has 0 aliphatic carbocycles. The molecule has 0 radical (unpaired) electrons. The van der Waals surface area contributed by atoms with Gasteiger partial charge in [0, 0.05) is 16.9 Å². The molecule has 0 aliphatic rings. The first-order valence-corrected chi connectivity index (χ1v) is 9.58. The Kier molecular flexibility index (Phi) is 5.41. The lowest BCUT2D eigenvalue weighted by molar-refractivity contribution is 0.102. The van der Waals surface area contributed by atoms with Crippen LogP contribution in [0.25, 0.3) is 0 Å². The Bertz CT molecular complexity index is 1090. The number of nitrogens with two attached hydrogens (primary N) is 1. The van der Waals surface area contributed by atoms with Gasteiger partial charge in [0.2, 0.25) is 15.9 Å². The van der Waals surface area contributed by atoms with Crippen LogP contribution in [-0.4, -0.2) is 19.3 Å². The molecule has 0 saturated heterocycles. The number of pyridine rings is 1. The second kappa shape index (κ2) is 7.75. The molecule has 9 heteroatoms. The molecule has 3 rings (SSSR count). The molecular weight excluding hydrogens is 390 g/mol. The number of carbonyl (C=O) groups excluding carboxylic acids is 1. The van der Waals surface area contributed by atoms with Crippen molar-refractivity contribution in [2.24, 2.45) is 5.14 Å². The van der Waals surface area contributed by atoms with Gasteiger partial charge in [-0.1, -0.05) is 17.7 Å². The van der Waals surface area contributed by atoms with Crippen molar-refractivity contribution in [2.45, 2.75) is 4.90 Å². The van der Waals surface area contributed by atoms with Crippen molar-refractivity contribution in [3.8, 4) is 11.6 Å². The largest absolute Gasteiger partial charge is 0.438 e. The van der Waals surface area contributed by atoms with Gasteiger partial charge in [-0.05, 0) is 54.6 Å². The van der Waals surface area contributed by atoms with Crippen molar-refractivity contribution in [3.63, 3.8) is 0 Å². The van der Waals surface area contributed by atoms with E-state index in [2.05, 4.69) is 10.3 Å². The molecule has 1 aromatic heterocycles. The van der Waals surface area contributed by atoms with E-state index < -0.39 is 15.9 Å². The Labute approximate surface area is 160 Å². The number of ether oxygens (including phenoxy) is 1. The average Bonchev–Trinajstić information content (AvgIpc) is 2.63. The highest BCUT2D eigenvalue weighted by atomic mass is 35.5. The predicted octanol–water partition coefficient (Wildman–Crippen LogP) is 3.43. The molecular formula is C18H14ClN3O4S. The molecule has 0 aliphatic heterocycles.